The van der Waals surface area contributed by atoms with Gasteiger partial charge in [0.25, 0.3) is 0 Å². The fourth-order valence-electron chi connectivity index (χ4n) is 2.94. The summed E-state index contributed by atoms with van der Waals surface area (Å²) in [6.07, 6.45) is 8.09. The van der Waals surface area contributed by atoms with E-state index in [1.807, 2.05) is 48.6 Å². The third kappa shape index (κ3) is 3.88. The molecule has 1 radical (unpaired) electrons. The molecule has 2 aliphatic rings. The van der Waals surface area contributed by atoms with Gasteiger partial charge in [-0.3, -0.25) is 0 Å². The molecule has 0 aliphatic carbocycles. The smallest absolute Gasteiger partial charge is 0 e. The van der Waals surface area contributed by atoms with E-state index in [-0.39, 0.29) is 43.3 Å². The van der Waals surface area contributed by atoms with E-state index < -0.39 is 0 Å². The molecule has 0 saturated carbocycles. The molecule has 0 amide bonds. The van der Waals surface area contributed by atoms with Gasteiger partial charge in [-0.25, -0.2) is 9.97 Å². The van der Waals surface area contributed by atoms with Crippen LogP contribution >= 0.6 is 0 Å². The van der Waals surface area contributed by atoms with E-state index in [9.17, 15) is 0 Å². The quantitative estimate of drug-likeness (QED) is 0.274. The van der Waals surface area contributed by atoms with E-state index in [0.29, 0.717) is 0 Å². The summed E-state index contributed by atoms with van der Waals surface area (Å²) < 4.78 is 0. The van der Waals surface area contributed by atoms with Crippen molar-refractivity contribution < 1.29 is 17.1 Å². The van der Waals surface area contributed by atoms with Crippen molar-refractivity contribution in [3.05, 3.63) is 71.3 Å². The molecule has 0 saturated heterocycles. The van der Waals surface area contributed by atoms with Crippen molar-refractivity contribution in [1.82, 2.24) is 19.9 Å². The Labute approximate surface area is 180 Å². The molecular formula is C20H17BiCuN4. The number of H-pyrrole nitrogens is 2. The fourth-order valence-corrected chi connectivity index (χ4v) is 2.94. The second-order valence-electron chi connectivity index (χ2n) is 5.91. The Kier molecular flexibility index (Phi) is 5.57. The van der Waals surface area contributed by atoms with Gasteiger partial charge in [-0.05, 0) is 72.8 Å². The Morgan fingerprint density at radius 1 is 0.500 bits per heavy atom. The zero-order chi connectivity index (χ0) is 15.9. The first-order chi connectivity index (χ1) is 11.8. The number of aromatic nitrogens is 4. The summed E-state index contributed by atoms with van der Waals surface area (Å²) in [5, 5.41) is 0. The van der Waals surface area contributed by atoms with Crippen LogP contribution in [-0.2, 0) is 17.1 Å². The molecule has 8 bridgehead atoms. The first-order valence-electron chi connectivity index (χ1n) is 7.85. The van der Waals surface area contributed by atoms with Gasteiger partial charge in [0.05, 0.1) is 22.8 Å². The molecule has 2 aliphatic heterocycles. The average Bonchev–Trinajstić information content (AvgIpc) is 3.32. The Morgan fingerprint density at radius 2 is 0.769 bits per heavy atom. The molecule has 5 heterocycles. The van der Waals surface area contributed by atoms with Crippen LogP contribution in [0.5, 0.6) is 0 Å². The SMILES string of the molecule is C1=Cc2cc3ccc(cc4nc(cc5ccc(cc1n2)[nH]5)C=C4)[nH]3.[BiH3].[Cu]. The Morgan fingerprint density at radius 3 is 1.04 bits per heavy atom. The molecule has 133 valence electrons. The van der Waals surface area contributed by atoms with Crippen LogP contribution in [0, 0.1) is 0 Å². The van der Waals surface area contributed by atoms with Gasteiger partial charge in [-0.15, -0.1) is 0 Å². The van der Waals surface area contributed by atoms with Gasteiger partial charge in [-0.2, -0.15) is 0 Å². The number of hydrogen-bond acceptors (Lipinski definition) is 2. The molecule has 0 spiro atoms. The third-order valence-corrected chi connectivity index (χ3v) is 4.04. The van der Waals surface area contributed by atoms with Crippen molar-refractivity contribution in [1.29, 1.82) is 0 Å². The normalized spacial score (nSPS) is 11.7. The van der Waals surface area contributed by atoms with Crippen LogP contribution in [0.4, 0.5) is 0 Å². The topological polar surface area (TPSA) is 57.4 Å². The molecule has 0 unspecified atom stereocenters. The molecule has 6 heteroatoms. The van der Waals surface area contributed by atoms with E-state index in [1.54, 1.807) is 0 Å². The average molecular weight is 586 g/mol. The van der Waals surface area contributed by atoms with E-state index in [1.165, 1.54) is 0 Å². The number of hydrogen-bond donors (Lipinski definition) is 2. The van der Waals surface area contributed by atoms with Crippen LogP contribution in [0.1, 0.15) is 22.8 Å². The summed E-state index contributed by atoms with van der Waals surface area (Å²) in [7, 11) is 0. The van der Waals surface area contributed by atoms with E-state index in [4.69, 9.17) is 0 Å². The largest absolute Gasteiger partial charge is 0 e. The second kappa shape index (κ2) is 7.71. The monoisotopic (exact) mass is 585 g/mol. The number of fused-ring (bicyclic) bond motifs is 8. The van der Waals surface area contributed by atoms with Crippen LogP contribution in [0.15, 0.2) is 48.5 Å². The minimum Gasteiger partial charge on any atom is 0 e. The standard InChI is InChI=1S/C20H14N4.Bi.Cu.3H/c1-2-14-10-16-5-6-18(23-16)12-20-8-7-19(24-20)11-17-4-3-15(22-17)9-13(1)21-14;;;;;/h1-12,21,24H;;;;;. The van der Waals surface area contributed by atoms with Crippen molar-refractivity contribution >= 4 is 72.6 Å². The van der Waals surface area contributed by atoms with Gasteiger partial charge in [0, 0.05) is 39.1 Å². The summed E-state index contributed by atoms with van der Waals surface area (Å²) in [5.74, 6) is 0. The second-order valence-corrected chi connectivity index (χ2v) is 5.91. The van der Waals surface area contributed by atoms with Gasteiger partial charge in [0.15, 0.2) is 0 Å². The number of rotatable bonds is 0. The molecule has 26 heavy (non-hydrogen) atoms. The van der Waals surface area contributed by atoms with Crippen molar-refractivity contribution in [3.8, 4) is 0 Å². The maximum Gasteiger partial charge on any atom is 0 e. The maximum atomic E-state index is 4.63. The Bertz CT molecular complexity index is 996. The Balaban J connectivity index is 0.000000980. The zero-order valence-electron chi connectivity index (χ0n) is 13.8. The number of nitrogens with one attached hydrogen (secondary N) is 2. The summed E-state index contributed by atoms with van der Waals surface area (Å²) in [6.45, 7) is 0. The molecule has 0 atom stereocenters. The summed E-state index contributed by atoms with van der Waals surface area (Å²) in [5.41, 5.74) is 7.86. The Hall–Kier alpha value is -2.00. The van der Waals surface area contributed by atoms with Gasteiger partial charge in [0.2, 0.25) is 0 Å². The van der Waals surface area contributed by atoms with Crippen molar-refractivity contribution in [2.75, 3.05) is 0 Å². The van der Waals surface area contributed by atoms with Gasteiger partial charge >= 0.3 is 26.2 Å². The van der Waals surface area contributed by atoms with Crippen LogP contribution < -0.4 is 0 Å². The molecule has 3 aromatic heterocycles. The predicted octanol–water partition coefficient (Wildman–Crippen LogP) is 3.47. The third-order valence-electron chi connectivity index (χ3n) is 4.04. The van der Waals surface area contributed by atoms with Crippen LogP contribution in [-0.4, -0.2) is 46.1 Å². The van der Waals surface area contributed by atoms with E-state index >= 15 is 0 Å². The van der Waals surface area contributed by atoms with Crippen molar-refractivity contribution in [2.45, 2.75) is 0 Å². The molecule has 3 aromatic rings. The van der Waals surface area contributed by atoms with Crippen molar-refractivity contribution in [3.63, 3.8) is 0 Å². The summed E-state index contributed by atoms with van der Waals surface area (Å²) in [4.78, 5) is 16.0. The fraction of sp³-hybridized carbons (Fsp3) is 0. The van der Waals surface area contributed by atoms with Crippen LogP contribution in [0.3, 0.4) is 0 Å². The first-order valence-corrected chi connectivity index (χ1v) is 7.85. The van der Waals surface area contributed by atoms with Gasteiger partial charge in [0.1, 0.15) is 0 Å². The molecule has 0 aromatic carbocycles. The molecule has 4 nitrogen and oxygen atoms in total. The summed E-state index contributed by atoms with van der Waals surface area (Å²) in [6, 6.07) is 16.4. The van der Waals surface area contributed by atoms with Crippen LogP contribution in [0.25, 0.3) is 46.4 Å². The first kappa shape index (κ1) is 18.8. The molecule has 5 rings (SSSR count). The minimum atomic E-state index is 0. The van der Waals surface area contributed by atoms with Gasteiger partial charge < -0.3 is 9.97 Å². The maximum absolute atomic E-state index is 4.63. The molecular weight excluding hydrogens is 569 g/mol. The van der Waals surface area contributed by atoms with Crippen LogP contribution in [0.2, 0.25) is 0 Å². The van der Waals surface area contributed by atoms with E-state index in [2.05, 4.69) is 44.2 Å². The summed E-state index contributed by atoms with van der Waals surface area (Å²) >= 11 is 0. The van der Waals surface area contributed by atoms with Gasteiger partial charge in [-0.1, -0.05) is 0 Å². The minimum absolute atomic E-state index is 0. The van der Waals surface area contributed by atoms with Crippen molar-refractivity contribution in [2.24, 2.45) is 0 Å². The molecule has 0 fully saturated rings. The predicted molar refractivity (Wildman–Crippen MR) is 109 cm³/mol. The molecule has 2 N–H and O–H groups in total. The zero-order valence-corrected chi connectivity index (χ0v) is 20.3. The number of aromatic amines is 2. The number of nitrogens with zero attached hydrogens (tertiary/aromatic N) is 2. The van der Waals surface area contributed by atoms with E-state index in [0.717, 1.165) is 44.8 Å².